The number of aromatic nitrogens is 2. The third kappa shape index (κ3) is 3.60. The molecule has 0 unspecified atom stereocenters. The zero-order valence-corrected chi connectivity index (χ0v) is 16.7. The van der Waals surface area contributed by atoms with Crippen molar-refractivity contribution in [2.45, 2.75) is 30.8 Å². The van der Waals surface area contributed by atoms with Crippen molar-refractivity contribution >= 4 is 33.3 Å². The number of hydrogen-bond donors (Lipinski definition) is 0. The minimum Gasteiger partial charge on any atom is -0.493 e. The lowest BCUT2D eigenvalue weighted by atomic mass is 9.97. The summed E-state index contributed by atoms with van der Waals surface area (Å²) in [4.78, 5) is 19.8. The molecule has 0 fully saturated rings. The minimum atomic E-state index is 0.0647. The zero-order chi connectivity index (χ0) is 18.8. The van der Waals surface area contributed by atoms with E-state index in [0.717, 1.165) is 40.4 Å². The van der Waals surface area contributed by atoms with E-state index in [1.807, 2.05) is 0 Å². The molecule has 1 aliphatic rings. The largest absolute Gasteiger partial charge is 0.493 e. The monoisotopic (exact) mass is 397 g/mol. The molecule has 2 aromatic heterocycles. The Bertz CT molecular complexity index is 1080. The third-order valence-corrected chi connectivity index (χ3v) is 6.90. The van der Waals surface area contributed by atoms with Crippen molar-refractivity contribution in [3.63, 3.8) is 0 Å². The van der Waals surface area contributed by atoms with Crippen molar-refractivity contribution in [2.24, 2.45) is 7.05 Å². The van der Waals surface area contributed by atoms with E-state index in [0.29, 0.717) is 17.9 Å². The smallest absolute Gasteiger partial charge is 0.262 e. The molecular weight excluding hydrogens is 378 g/mol. The summed E-state index contributed by atoms with van der Waals surface area (Å²) in [5, 5.41) is 10.4. The number of hydrogen-bond acceptors (Lipinski definition) is 6. The molecule has 3 aromatic rings. The summed E-state index contributed by atoms with van der Waals surface area (Å²) in [6.45, 7) is 0.505. The highest BCUT2D eigenvalue weighted by Crippen LogP contribution is 2.34. The number of nitrogens with zero attached hydrogens (tertiary/aromatic N) is 3. The summed E-state index contributed by atoms with van der Waals surface area (Å²) in [5.74, 6) is 1.43. The molecule has 0 bridgehead atoms. The Balaban J connectivity index is 1.46. The average molecular weight is 398 g/mol. The Morgan fingerprint density at radius 1 is 1.30 bits per heavy atom. The van der Waals surface area contributed by atoms with E-state index in [4.69, 9.17) is 15.0 Å². The first-order valence-electron chi connectivity index (χ1n) is 8.94. The van der Waals surface area contributed by atoms with Gasteiger partial charge in [0.1, 0.15) is 10.6 Å². The molecule has 0 saturated heterocycles. The normalized spacial score (nSPS) is 13.3. The maximum Gasteiger partial charge on any atom is 0.262 e. The van der Waals surface area contributed by atoms with Gasteiger partial charge in [0, 0.05) is 17.7 Å². The molecule has 27 heavy (non-hydrogen) atoms. The van der Waals surface area contributed by atoms with Crippen molar-refractivity contribution in [1.82, 2.24) is 9.55 Å². The van der Waals surface area contributed by atoms with Crippen molar-refractivity contribution in [2.75, 3.05) is 12.4 Å². The molecular formula is C20H19N3O2S2. The van der Waals surface area contributed by atoms with Gasteiger partial charge in [0.05, 0.1) is 23.6 Å². The molecule has 5 nitrogen and oxygen atoms in total. The first-order valence-corrected chi connectivity index (χ1v) is 10.7. The van der Waals surface area contributed by atoms with Crippen molar-refractivity contribution in [3.05, 3.63) is 50.6 Å². The summed E-state index contributed by atoms with van der Waals surface area (Å²) in [5.41, 5.74) is 1.91. The fraction of sp³-hybridized carbons (Fsp3) is 0.350. The second-order valence-electron chi connectivity index (χ2n) is 6.48. The van der Waals surface area contributed by atoms with Crippen LogP contribution in [0.5, 0.6) is 5.75 Å². The molecule has 0 atom stereocenters. The van der Waals surface area contributed by atoms with Gasteiger partial charge < -0.3 is 4.74 Å². The Labute approximate surface area is 165 Å². The van der Waals surface area contributed by atoms with Gasteiger partial charge in [-0.3, -0.25) is 9.36 Å². The van der Waals surface area contributed by atoms with Gasteiger partial charge in [0.2, 0.25) is 0 Å². The first-order chi connectivity index (χ1) is 13.2. The van der Waals surface area contributed by atoms with Crippen molar-refractivity contribution in [1.29, 1.82) is 5.26 Å². The van der Waals surface area contributed by atoms with Crippen LogP contribution < -0.4 is 10.3 Å². The van der Waals surface area contributed by atoms with E-state index in [1.54, 1.807) is 47.2 Å². The van der Waals surface area contributed by atoms with Gasteiger partial charge in [-0.1, -0.05) is 11.8 Å². The highest BCUT2D eigenvalue weighted by molar-refractivity contribution is 7.99. The zero-order valence-electron chi connectivity index (χ0n) is 15.0. The Kier molecular flexibility index (Phi) is 5.19. The fourth-order valence-corrected chi connectivity index (χ4v) is 5.41. The predicted molar refractivity (Wildman–Crippen MR) is 109 cm³/mol. The highest BCUT2D eigenvalue weighted by Gasteiger charge is 2.21. The van der Waals surface area contributed by atoms with E-state index in [-0.39, 0.29) is 5.56 Å². The molecule has 0 radical (unpaired) electrons. The number of thioether (sulfide) groups is 1. The molecule has 1 aromatic carbocycles. The van der Waals surface area contributed by atoms with Crippen LogP contribution in [0.4, 0.5) is 0 Å². The second kappa shape index (κ2) is 7.75. The van der Waals surface area contributed by atoms with E-state index in [9.17, 15) is 4.79 Å². The number of rotatable bonds is 5. The number of benzene rings is 1. The minimum absolute atomic E-state index is 0.0647. The number of thiophene rings is 1. The molecule has 0 spiro atoms. The number of nitriles is 1. The second-order valence-corrected chi connectivity index (χ2v) is 8.63. The molecule has 0 amide bonds. The van der Waals surface area contributed by atoms with Gasteiger partial charge in [-0.25, -0.2) is 4.98 Å². The van der Waals surface area contributed by atoms with Crippen LogP contribution in [0.15, 0.2) is 34.2 Å². The molecule has 0 aliphatic heterocycles. The lowest BCUT2D eigenvalue weighted by Gasteiger charge is -2.11. The van der Waals surface area contributed by atoms with Gasteiger partial charge >= 0.3 is 0 Å². The number of aryl methyl sites for hydroxylation is 2. The van der Waals surface area contributed by atoms with Crippen molar-refractivity contribution < 1.29 is 4.74 Å². The van der Waals surface area contributed by atoms with Crippen LogP contribution in [0.25, 0.3) is 10.2 Å². The summed E-state index contributed by atoms with van der Waals surface area (Å²) in [7, 11) is 1.80. The van der Waals surface area contributed by atoms with Gasteiger partial charge in [-0.15, -0.1) is 11.3 Å². The van der Waals surface area contributed by atoms with E-state index >= 15 is 0 Å². The van der Waals surface area contributed by atoms with Gasteiger partial charge in [-0.2, -0.15) is 5.26 Å². The number of fused-ring (bicyclic) bond motifs is 3. The summed E-state index contributed by atoms with van der Waals surface area (Å²) in [6.07, 6.45) is 4.43. The molecule has 0 saturated carbocycles. The lowest BCUT2D eigenvalue weighted by molar-refractivity contribution is 0.344. The first kappa shape index (κ1) is 18.1. The molecule has 1 aliphatic carbocycles. The molecule has 4 rings (SSSR count). The molecule has 7 heteroatoms. The SMILES string of the molecule is Cn1c(SCCOc2ccc(C#N)cc2)nc2sc3c(c2c1=O)CCCC3. The van der Waals surface area contributed by atoms with Crippen LogP contribution >= 0.6 is 23.1 Å². The third-order valence-electron chi connectivity index (χ3n) is 4.72. The van der Waals surface area contributed by atoms with E-state index in [1.165, 1.54) is 28.6 Å². The average Bonchev–Trinajstić information content (AvgIpc) is 3.07. The maximum absolute atomic E-state index is 12.9. The van der Waals surface area contributed by atoms with E-state index < -0.39 is 0 Å². The Hall–Kier alpha value is -2.30. The lowest BCUT2D eigenvalue weighted by Crippen LogP contribution is -2.21. The predicted octanol–water partition coefficient (Wildman–Crippen LogP) is 3.92. The topological polar surface area (TPSA) is 67.9 Å². The Morgan fingerprint density at radius 2 is 2.07 bits per heavy atom. The fourth-order valence-electron chi connectivity index (χ4n) is 3.31. The van der Waals surface area contributed by atoms with Crippen LogP contribution in [0.2, 0.25) is 0 Å². The molecule has 0 N–H and O–H groups in total. The van der Waals surface area contributed by atoms with E-state index in [2.05, 4.69) is 6.07 Å². The number of ether oxygens (including phenoxy) is 1. The van der Waals surface area contributed by atoms with Crippen LogP contribution in [0.3, 0.4) is 0 Å². The van der Waals surface area contributed by atoms with Crippen LogP contribution in [-0.4, -0.2) is 21.9 Å². The summed E-state index contributed by atoms with van der Waals surface area (Å²) in [6, 6.07) is 9.14. The van der Waals surface area contributed by atoms with Gasteiger partial charge in [0.15, 0.2) is 5.16 Å². The standard InChI is InChI=1S/C20H19N3O2S2/c1-23-19(24)17-15-4-2-3-5-16(15)27-18(17)22-20(23)26-11-10-25-14-8-6-13(12-21)7-9-14/h6-9H,2-5,10-11H2,1H3. The highest BCUT2D eigenvalue weighted by atomic mass is 32.2. The quantitative estimate of drug-likeness (QED) is 0.371. The maximum atomic E-state index is 12.9. The summed E-state index contributed by atoms with van der Waals surface area (Å²) >= 11 is 3.21. The van der Waals surface area contributed by atoms with Gasteiger partial charge in [0.25, 0.3) is 5.56 Å². The van der Waals surface area contributed by atoms with Crippen LogP contribution in [-0.2, 0) is 19.9 Å². The Morgan fingerprint density at radius 3 is 2.85 bits per heavy atom. The molecule has 138 valence electrons. The van der Waals surface area contributed by atoms with Crippen LogP contribution in [0, 0.1) is 11.3 Å². The van der Waals surface area contributed by atoms with Crippen LogP contribution in [0.1, 0.15) is 28.8 Å². The van der Waals surface area contributed by atoms with Crippen molar-refractivity contribution in [3.8, 4) is 11.8 Å². The summed E-state index contributed by atoms with van der Waals surface area (Å²) < 4.78 is 7.37. The molecule has 2 heterocycles. The van der Waals surface area contributed by atoms with Gasteiger partial charge in [-0.05, 0) is 55.5 Å².